The molecule has 0 aromatic heterocycles. The van der Waals surface area contributed by atoms with Gasteiger partial charge in [-0.25, -0.2) is 0 Å². The molecule has 0 aromatic rings. The van der Waals surface area contributed by atoms with Crippen LogP contribution in [-0.2, 0) is 19.1 Å². The molecule has 0 radical (unpaired) electrons. The van der Waals surface area contributed by atoms with Crippen molar-refractivity contribution in [1.29, 1.82) is 5.26 Å². The molecule has 0 bridgehead atoms. The zero-order valence-corrected chi connectivity index (χ0v) is 21.5. The van der Waals surface area contributed by atoms with Gasteiger partial charge in [-0.05, 0) is 33.1 Å². The quantitative estimate of drug-likeness (QED) is 0.294. The second kappa shape index (κ2) is 13.4. The molecule has 0 aliphatic heterocycles. The summed E-state index contributed by atoms with van der Waals surface area (Å²) in [5, 5.41) is 10.6. The van der Waals surface area contributed by atoms with Crippen LogP contribution < -0.4 is 0 Å². The highest BCUT2D eigenvalue weighted by atomic mass is 16.6. The summed E-state index contributed by atoms with van der Waals surface area (Å²) in [6.07, 6.45) is 17.9. The van der Waals surface area contributed by atoms with E-state index in [1.54, 1.807) is 13.8 Å². The van der Waals surface area contributed by atoms with Crippen LogP contribution in [0.5, 0.6) is 0 Å². The Morgan fingerprint density at radius 3 is 1.45 bits per heavy atom. The molecule has 33 heavy (non-hydrogen) atoms. The lowest BCUT2D eigenvalue weighted by atomic mass is 9.81. The zero-order valence-electron chi connectivity index (χ0n) is 21.5. The van der Waals surface area contributed by atoms with Crippen molar-refractivity contribution >= 4 is 11.9 Å². The average molecular weight is 462 g/mol. The van der Waals surface area contributed by atoms with Crippen LogP contribution in [0.15, 0.2) is 0 Å². The summed E-state index contributed by atoms with van der Waals surface area (Å²) in [5.74, 6) is -1.06. The van der Waals surface area contributed by atoms with E-state index in [0.29, 0.717) is 6.42 Å². The Kier molecular flexibility index (Phi) is 11.2. The minimum atomic E-state index is -1.48. The predicted octanol–water partition coefficient (Wildman–Crippen LogP) is 7.27. The number of ether oxygens (including phenoxy) is 2. The number of hydrogen-bond donors (Lipinski definition) is 0. The Labute approximate surface area is 202 Å². The summed E-state index contributed by atoms with van der Waals surface area (Å²) in [7, 11) is 0. The first kappa shape index (κ1) is 27.7. The Morgan fingerprint density at radius 1 is 0.727 bits per heavy atom. The summed E-state index contributed by atoms with van der Waals surface area (Å²) < 4.78 is 11.1. The number of nitriles is 1. The molecule has 5 nitrogen and oxygen atoms in total. The first-order chi connectivity index (χ1) is 16.0. The minimum Gasteiger partial charge on any atom is -0.465 e. The van der Waals surface area contributed by atoms with Crippen molar-refractivity contribution < 1.29 is 19.1 Å². The molecule has 1 spiro atoms. The highest BCUT2D eigenvalue weighted by Crippen LogP contribution is 2.84. The molecule has 2 aliphatic carbocycles. The standard InChI is InChI=1S/C28H47NO4/c1-4-7-20-27(23-29)26(28(27,24(30)32-5-2)25(31)33-6-3)21-18-16-14-12-10-8-9-11-13-15-17-19-22-26/h4-22H2,1-3H3. The molecular weight excluding hydrogens is 414 g/mol. The van der Waals surface area contributed by atoms with Crippen LogP contribution in [0.1, 0.15) is 130 Å². The van der Waals surface area contributed by atoms with Gasteiger partial charge in [0.05, 0.1) is 24.7 Å². The number of rotatable bonds is 7. The van der Waals surface area contributed by atoms with Crippen molar-refractivity contribution in [1.82, 2.24) is 0 Å². The number of esters is 2. The fourth-order valence-corrected chi connectivity index (χ4v) is 6.73. The molecule has 0 aromatic carbocycles. The summed E-state index contributed by atoms with van der Waals surface area (Å²) in [6, 6.07) is 2.56. The van der Waals surface area contributed by atoms with Crippen LogP contribution in [0.2, 0.25) is 0 Å². The molecule has 1 atom stereocenters. The summed E-state index contributed by atoms with van der Waals surface area (Å²) in [4.78, 5) is 27.2. The van der Waals surface area contributed by atoms with Gasteiger partial charge in [0.25, 0.3) is 0 Å². The number of unbranched alkanes of at least 4 members (excludes halogenated alkanes) is 1. The molecule has 2 rings (SSSR count). The number of carbonyl (C=O) groups excluding carboxylic acids is 2. The Bertz CT molecular complexity index is 633. The Balaban J connectivity index is 2.48. The van der Waals surface area contributed by atoms with Gasteiger partial charge in [0.2, 0.25) is 0 Å². The highest BCUT2D eigenvalue weighted by Gasteiger charge is 2.94. The summed E-state index contributed by atoms with van der Waals surface area (Å²) in [5.41, 5.74) is -3.19. The smallest absolute Gasteiger partial charge is 0.325 e. The second-order valence-electron chi connectivity index (χ2n) is 10.1. The van der Waals surface area contributed by atoms with Gasteiger partial charge in [0.15, 0.2) is 5.41 Å². The lowest BCUT2D eigenvalue weighted by Crippen LogP contribution is -2.37. The topological polar surface area (TPSA) is 76.4 Å². The molecule has 0 N–H and O–H groups in total. The average Bonchev–Trinajstić information content (AvgIpc) is 3.34. The Morgan fingerprint density at radius 2 is 1.12 bits per heavy atom. The Hall–Kier alpha value is -1.57. The first-order valence-corrected chi connectivity index (χ1v) is 13.8. The van der Waals surface area contributed by atoms with E-state index in [0.717, 1.165) is 51.4 Å². The molecule has 0 heterocycles. The van der Waals surface area contributed by atoms with Crippen LogP contribution in [0.4, 0.5) is 0 Å². The van der Waals surface area contributed by atoms with E-state index in [2.05, 4.69) is 13.0 Å². The van der Waals surface area contributed by atoms with E-state index in [4.69, 9.17) is 9.47 Å². The molecule has 188 valence electrons. The fraction of sp³-hybridized carbons (Fsp3) is 0.893. The van der Waals surface area contributed by atoms with Gasteiger partial charge in [-0.15, -0.1) is 0 Å². The second-order valence-corrected chi connectivity index (χ2v) is 10.1. The maximum atomic E-state index is 13.6. The van der Waals surface area contributed by atoms with Crippen LogP contribution >= 0.6 is 0 Å². The van der Waals surface area contributed by atoms with Gasteiger partial charge in [-0.3, -0.25) is 9.59 Å². The summed E-state index contributed by atoms with van der Waals surface area (Å²) >= 11 is 0. The highest BCUT2D eigenvalue weighted by molar-refractivity contribution is 6.08. The number of nitrogens with zero attached hydrogens (tertiary/aromatic N) is 1. The van der Waals surface area contributed by atoms with Gasteiger partial charge < -0.3 is 9.47 Å². The lowest BCUT2D eigenvalue weighted by Gasteiger charge is -2.23. The van der Waals surface area contributed by atoms with Crippen molar-refractivity contribution in [2.45, 2.75) is 130 Å². The number of hydrogen-bond acceptors (Lipinski definition) is 5. The monoisotopic (exact) mass is 461 g/mol. The molecule has 2 fully saturated rings. The van der Waals surface area contributed by atoms with Gasteiger partial charge >= 0.3 is 11.9 Å². The summed E-state index contributed by atoms with van der Waals surface area (Å²) in [6.45, 7) is 6.02. The SMILES string of the molecule is CCCCC1(C#N)C2(CCCCCCCCCCCCCC2)C1(C(=O)OCC)C(=O)OCC. The van der Waals surface area contributed by atoms with E-state index >= 15 is 0 Å². The van der Waals surface area contributed by atoms with Crippen molar-refractivity contribution in [3.8, 4) is 6.07 Å². The molecule has 0 saturated heterocycles. The molecule has 0 amide bonds. The first-order valence-electron chi connectivity index (χ1n) is 13.8. The molecule has 2 saturated carbocycles. The lowest BCUT2D eigenvalue weighted by molar-refractivity contribution is -0.168. The van der Waals surface area contributed by atoms with E-state index in [1.165, 1.54) is 51.4 Å². The van der Waals surface area contributed by atoms with Gasteiger partial charge in [0, 0.05) is 5.41 Å². The fourth-order valence-electron chi connectivity index (χ4n) is 6.73. The largest absolute Gasteiger partial charge is 0.465 e. The molecular formula is C28H47NO4. The van der Waals surface area contributed by atoms with E-state index < -0.39 is 28.2 Å². The van der Waals surface area contributed by atoms with Crippen LogP contribution in [-0.4, -0.2) is 25.2 Å². The van der Waals surface area contributed by atoms with Crippen molar-refractivity contribution in [3.63, 3.8) is 0 Å². The normalized spacial score (nSPS) is 25.8. The van der Waals surface area contributed by atoms with Crippen molar-refractivity contribution in [2.75, 3.05) is 13.2 Å². The third-order valence-electron chi connectivity index (χ3n) is 8.33. The van der Waals surface area contributed by atoms with E-state index in [9.17, 15) is 14.9 Å². The molecule has 1 unspecified atom stereocenters. The maximum absolute atomic E-state index is 13.6. The number of carbonyl (C=O) groups is 2. The van der Waals surface area contributed by atoms with Crippen molar-refractivity contribution in [3.05, 3.63) is 0 Å². The van der Waals surface area contributed by atoms with Crippen LogP contribution in [0.25, 0.3) is 0 Å². The third kappa shape index (κ3) is 5.25. The molecule has 5 heteroatoms. The van der Waals surface area contributed by atoms with Gasteiger partial charge in [0.1, 0.15) is 0 Å². The predicted molar refractivity (Wildman–Crippen MR) is 130 cm³/mol. The molecule has 2 aliphatic rings. The third-order valence-corrected chi connectivity index (χ3v) is 8.33. The van der Waals surface area contributed by atoms with Crippen LogP contribution in [0.3, 0.4) is 0 Å². The van der Waals surface area contributed by atoms with E-state index in [1.807, 2.05) is 0 Å². The van der Waals surface area contributed by atoms with E-state index in [-0.39, 0.29) is 13.2 Å². The van der Waals surface area contributed by atoms with Crippen LogP contribution in [0, 0.1) is 27.6 Å². The van der Waals surface area contributed by atoms with Crippen molar-refractivity contribution in [2.24, 2.45) is 16.2 Å². The maximum Gasteiger partial charge on any atom is 0.325 e. The van der Waals surface area contributed by atoms with Gasteiger partial charge in [-0.1, -0.05) is 96.8 Å². The van der Waals surface area contributed by atoms with Gasteiger partial charge in [-0.2, -0.15) is 5.26 Å². The zero-order chi connectivity index (χ0) is 24.2. The minimum absolute atomic E-state index is 0.200.